The highest BCUT2D eigenvalue weighted by atomic mass is 16.5. The van der Waals surface area contributed by atoms with Crippen LogP contribution in [0.15, 0.2) is 54.7 Å². The summed E-state index contributed by atoms with van der Waals surface area (Å²) in [7, 11) is 1.95. The van der Waals surface area contributed by atoms with E-state index in [9.17, 15) is 9.59 Å². The largest absolute Gasteiger partial charge is 0.466 e. The monoisotopic (exact) mass is 406 g/mol. The van der Waals surface area contributed by atoms with Gasteiger partial charge in [-0.3, -0.25) is 9.59 Å². The molecule has 0 saturated carbocycles. The summed E-state index contributed by atoms with van der Waals surface area (Å²) in [6.45, 7) is 3.14. The number of piperidine rings is 1. The first-order valence-electron chi connectivity index (χ1n) is 10.3. The van der Waals surface area contributed by atoms with Gasteiger partial charge >= 0.3 is 5.97 Å². The van der Waals surface area contributed by atoms with E-state index in [1.165, 1.54) is 0 Å². The number of para-hydroxylation sites is 1. The summed E-state index contributed by atoms with van der Waals surface area (Å²) in [5.41, 5.74) is 2.97. The van der Waals surface area contributed by atoms with Crippen molar-refractivity contribution in [3.63, 3.8) is 0 Å². The first kappa shape index (κ1) is 19.9. The first-order chi connectivity index (χ1) is 14.6. The van der Waals surface area contributed by atoms with Gasteiger partial charge in [0.1, 0.15) is 11.4 Å². The average Bonchev–Trinajstić information content (AvgIpc) is 3.40. The Labute approximate surface area is 175 Å². The lowest BCUT2D eigenvalue weighted by atomic mass is 9.98. The van der Waals surface area contributed by atoms with Crippen LogP contribution in [-0.2, 0) is 16.6 Å². The zero-order valence-electron chi connectivity index (χ0n) is 17.3. The Morgan fingerprint density at radius 2 is 1.97 bits per heavy atom. The topological polar surface area (TPSA) is 69.4 Å². The summed E-state index contributed by atoms with van der Waals surface area (Å²) in [6, 6.07) is 15.4. The van der Waals surface area contributed by atoms with E-state index >= 15 is 0 Å². The third kappa shape index (κ3) is 3.87. The summed E-state index contributed by atoms with van der Waals surface area (Å²) in [5, 5.41) is 4.74. The second kappa shape index (κ2) is 8.57. The number of aryl methyl sites for hydroxylation is 1. The number of hydrogen-bond acceptors (Lipinski definition) is 4. The molecule has 0 spiro atoms. The van der Waals surface area contributed by atoms with Crippen LogP contribution in [0.25, 0.3) is 17.1 Å². The molecule has 4 rings (SSSR count). The molecule has 2 aromatic heterocycles. The lowest BCUT2D eigenvalue weighted by molar-refractivity contribution is -0.149. The van der Waals surface area contributed by atoms with E-state index in [4.69, 9.17) is 9.84 Å². The standard InChI is InChI=1S/C23H26N4O3/c1-3-30-23(29)17-9-7-14-26(16-17)22(28)21-15-19(20-12-8-13-25(20)2)24-27(21)18-10-5-4-6-11-18/h4-6,8,10-13,15,17H,3,7,9,14,16H2,1-2H3. The Morgan fingerprint density at radius 1 is 1.17 bits per heavy atom. The molecule has 1 unspecified atom stereocenters. The van der Waals surface area contributed by atoms with Crippen molar-refractivity contribution in [3.05, 3.63) is 60.4 Å². The highest BCUT2D eigenvalue weighted by Gasteiger charge is 2.31. The number of ether oxygens (including phenoxy) is 1. The predicted molar refractivity (Wildman–Crippen MR) is 113 cm³/mol. The number of carbonyl (C=O) groups is 2. The minimum absolute atomic E-state index is 0.124. The molecule has 30 heavy (non-hydrogen) atoms. The van der Waals surface area contributed by atoms with Gasteiger partial charge in [-0.25, -0.2) is 4.68 Å². The number of rotatable bonds is 5. The van der Waals surface area contributed by atoms with Crippen molar-refractivity contribution in [3.8, 4) is 17.1 Å². The SMILES string of the molecule is CCOC(=O)C1CCCN(C(=O)c2cc(-c3cccn3C)nn2-c2ccccc2)C1. The number of benzene rings is 1. The lowest BCUT2D eigenvalue weighted by Crippen LogP contribution is -2.43. The van der Waals surface area contributed by atoms with Crippen molar-refractivity contribution < 1.29 is 14.3 Å². The molecule has 1 saturated heterocycles. The van der Waals surface area contributed by atoms with E-state index in [2.05, 4.69) is 0 Å². The van der Waals surface area contributed by atoms with Gasteiger partial charge in [-0.1, -0.05) is 18.2 Å². The molecule has 0 aliphatic carbocycles. The molecule has 3 heterocycles. The zero-order valence-corrected chi connectivity index (χ0v) is 17.3. The van der Waals surface area contributed by atoms with E-state index in [0.717, 1.165) is 29.9 Å². The van der Waals surface area contributed by atoms with Crippen LogP contribution in [0.5, 0.6) is 0 Å². The predicted octanol–water partition coefficient (Wildman–Crippen LogP) is 3.29. The van der Waals surface area contributed by atoms with Gasteiger partial charge in [0, 0.05) is 26.3 Å². The molecule has 3 aromatic rings. The maximum Gasteiger partial charge on any atom is 0.310 e. The van der Waals surface area contributed by atoms with Crippen LogP contribution in [0.4, 0.5) is 0 Å². The molecule has 1 atom stereocenters. The highest BCUT2D eigenvalue weighted by molar-refractivity contribution is 5.94. The minimum atomic E-state index is -0.275. The van der Waals surface area contributed by atoms with Crippen LogP contribution in [0.1, 0.15) is 30.3 Å². The number of nitrogens with zero attached hydrogens (tertiary/aromatic N) is 4. The molecule has 1 fully saturated rings. The fourth-order valence-electron chi connectivity index (χ4n) is 3.93. The lowest BCUT2D eigenvalue weighted by Gasteiger charge is -2.31. The number of amides is 1. The fraction of sp³-hybridized carbons (Fsp3) is 0.348. The summed E-state index contributed by atoms with van der Waals surface area (Å²) in [4.78, 5) is 27.4. The van der Waals surface area contributed by atoms with E-state index < -0.39 is 0 Å². The Hall–Kier alpha value is -3.35. The summed E-state index contributed by atoms with van der Waals surface area (Å²) in [6.07, 6.45) is 3.47. The molecule has 7 nitrogen and oxygen atoms in total. The average molecular weight is 406 g/mol. The van der Waals surface area contributed by atoms with Crippen LogP contribution < -0.4 is 0 Å². The maximum absolute atomic E-state index is 13.5. The van der Waals surface area contributed by atoms with Gasteiger partial charge in [0.2, 0.25) is 0 Å². The third-order valence-electron chi connectivity index (χ3n) is 5.46. The van der Waals surface area contributed by atoms with Crippen molar-refractivity contribution in [1.29, 1.82) is 0 Å². The fourth-order valence-corrected chi connectivity index (χ4v) is 3.93. The molecule has 0 bridgehead atoms. The third-order valence-corrected chi connectivity index (χ3v) is 5.46. The molecular weight excluding hydrogens is 380 g/mol. The molecule has 0 radical (unpaired) electrons. The van der Waals surface area contributed by atoms with Crippen molar-refractivity contribution in [1.82, 2.24) is 19.2 Å². The van der Waals surface area contributed by atoms with Gasteiger partial charge in [-0.05, 0) is 50.1 Å². The highest BCUT2D eigenvalue weighted by Crippen LogP contribution is 2.25. The molecule has 7 heteroatoms. The molecular formula is C23H26N4O3. The molecule has 1 aliphatic rings. The maximum atomic E-state index is 13.5. The van der Waals surface area contributed by atoms with Gasteiger partial charge in [0.15, 0.2) is 0 Å². The normalized spacial score (nSPS) is 16.5. The van der Waals surface area contributed by atoms with Crippen LogP contribution in [0.3, 0.4) is 0 Å². The molecule has 1 aliphatic heterocycles. The quantitative estimate of drug-likeness (QED) is 0.610. The van der Waals surface area contributed by atoms with E-state index in [-0.39, 0.29) is 17.8 Å². The Kier molecular flexibility index (Phi) is 5.70. The first-order valence-corrected chi connectivity index (χ1v) is 10.3. The van der Waals surface area contributed by atoms with Gasteiger partial charge in [0.05, 0.1) is 23.9 Å². The van der Waals surface area contributed by atoms with Gasteiger partial charge in [-0.15, -0.1) is 0 Å². The van der Waals surface area contributed by atoms with E-state index in [1.807, 2.05) is 66.3 Å². The summed E-state index contributed by atoms with van der Waals surface area (Å²) in [5.74, 6) is -0.625. The molecule has 0 N–H and O–H groups in total. The van der Waals surface area contributed by atoms with Crippen molar-refractivity contribution in [2.75, 3.05) is 19.7 Å². The van der Waals surface area contributed by atoms with Crippen molar-refractivity contribution in [2.45, 2.75) is 19.8 Å². The van der Waals surface area contributed by atoms with Gasteiger partial charge < -0.3 is 14.2 Å². The number of hydrogen-bond donors (Lipinski definition) is 0. The Balaban J connectivity index is 1.68. The minimum Gasteiger partial charge on any atom is -0.466 e. The van der Waals surface area contributed by atoms with Gasteiger partial charge in [0.25, 0.3) is 5.91 Å². The van der Waals surface area contributed by atoms with Crippen LogP contribution >= 0.6 is 0 Å². The molecule has 1 amide bonds. The number of likely N-dealkylation sites (tertiary alicyclic amines) is 1. The second-order valence-corrected chi connectivity index (χ2v) is 7.51. The smallest absolute Gasteiger partial charge is 0.310 e. The summed E-state index contributed by atoms with van der Waals surface area (Å²) >= 11 is 0. The molecule has 1 aromatic carbocycles. The Morgan fingerprint density at radius 3 is 2.67 bits per heavy atom. The van der Waals surface area contributed by atoms with Crippen molar-refractivity contribution >= 4 is 11.9 Å². The van der Waals surface area contributed by atoms with E-state index in [1.54, 1.807) is 16.5 Å². The van der Waals surface area contributed by atoms with E-state index in [0.29, 0.717) is 25.4 Å². The Bertz CT molecular complexity index is 1040. The van der Waals surface area contributed by atoms with Crippen LogP contribution in [0, 0.1) is 5.92 Å². The van der Waals surface area contributed by atoms with Crippen molar-refractivity contribution in [2.24, 2.45) is 13.0 Å². The number of esters is 1. The second-order valence-electron chi connectivity index (χ2n) is 7.51. The zero-order chi connectivity index (χ0) is 21.1. The van der Waals surface area contributed by atoms with Crippen LogP contribution in [0.2, 0.25) is 0 Å². The molecule has 156 valence electrons. The van der Waals surface area contributed by atoms with Crippen LogP contribution in [-0.4, -0.2) is 50.8 Å². The number of aromatic nitrogens is 3. The van der Waals surface area contributed by atoms with Gasteiger partial charge in [-0.2, -0.15) is 5.10 Å². The summed E-state index contributed by atoms with van der Waals surface area (Å²) < 4.78 is 8.85. The number of carbonyl (C=O) groups excluding carboxylic acids is 2.